The molecular weight excluding hydrogens is 372 g/mol. The van der Waals surface area contributed by atoms with Crippen molar-refractivity contribution in [1.29, 1.82) is 0 Å². The first-order valence-electron chi connectivity index (χ1n) is 7.82. The van der Waals surface area contributed by atoms with Crippen molar-refractivity contribution < 1.29 is 9.59 Å². The Morgan fingerprint density at radius 1 is 1.08 bits per heavy atom. The van der Waals surface area contributed by atoms with Crippen LogP contribution in [0.3, 0.4) is 0 Å². The molecule has 0 aliphatic heterocycles. The topological polar surface area (TPSA) is 84.0 Å². The Kier molecular flexibility index (Phi) is 5.93. The van der Waals surface area contributed by atoms with Crippen molar-refractivity contribution in [3.05, 3.63) is 64.6 Å². The second-order valence-corrected chi connectivity index (χ2v) is 6.61. The Morgan fingerprint density at radius 3 is 2.62 bits per heavy atom. The van der Waals surface area contributed by atoms with Gasteiger partial charge in [0.25, 0.3) is 5.91 Å². The minimum absolute atomic E-state index is 0.151. The van der Waals surface area contributed by atoms with Crippen molar-refractivity contribution in [2.24, 2.45) is 0 Å². The summed E-state index contributed by atoms with van der Waals surface area (Å²) in [6, 6.07) is 12.1. The zero-order valence-corrected chi connectivity index (χ0v) is 15.2. The van der Waals surface area contributed by atoms with E-state index in [2.05, 4.69) is 20.6 Å². The lowest BCUT2D eigenvalue weighted by Gasteiger charge is -2.05. The molecule has 0 atom stereocenters. The molecule has 0 saturated carbocycles. The Labute approximate surface area is 159 Å². The van der Waals surface area contributed by atoms with E-state index in [-0.39, 0.29) is 24.8 Å². The first-order valence-corrected chi connectivity index (χ1v) is 9.08. The molecule has 1 aromatic carbocycles. The van der Waals surface area contributed by atoms with E-state index in [0.29, 0.717) is 21.4 Å². The van der Waals surface area contributed by atoms with Crippen LogP contribution in [0.1, 0.15) is 16.8 Å². The van der Waals surface area contributed by atoms with Gasteiger partial charge in [-0.05, 0) is 36.4 Å². The number of pyridine rings is 1. The molecule has 0 unspecified atom stereocenters. The molecule has 132 valence electrons. The SMILES string of the molecule is O=C(CCNC(=O)c1ccc(Cl)cc1)Nc1nc(-c2ccccn2)cs1. The molecule has 0 radical (unpaired) electrons. The third-order valence-electron chi connectivity index (χ3n) is 3.42. The molecular formula is C18H15ClN4O2S. The summed E-state index contributed by atoms with van der Waals surface area (Å²) in [6.45, 7) is 0.228. The highest BCUT2D eigenvalue weighted by Crippen LogP contribution is 2.23. The molecule has 0 aliphatic rings. The molecule has 2 aromatic heterocycles. The highest BCUT2D eigenvalue weighted by atomic mass is 35.5. The Hall–Kier alpha value is -2.77. The first-order chi connectivity index (χ1) is 12.6. The van der Waals surface area contributed by atoms with Crippen LogP contribution in [-0.2, 0) is 4.79 Å². The van der Waals surface area contributed by atoms with E-state index in [1.165, 1.54) is 11.3 Å². The van der Waals surface area contributed by atoms with Crippen LogP contribution in [0.5, 0.6) is 0 Å². The van der Waals surface area contributed by atoms with Gasteiger partial charge in [-0.15, -0.1) is 11.3 Å². The standard InChI is InChI=1S/C18H15ClN4O2S/c19-13-6-4-12(5-7-13)17(25)21-10-8-16(24)23-18-22-15(11-26-18)14-3-1-2-9-20-14/h1-7,9,11H,8,10H2,(H,21,25)(H,22,23,24). The van der Waals surface area contributed by atoms with Crippen LogP contribution in [0.2, 0.25) is 5.02 Å². The van der Waals surface area contributed by atoms with Crippen molar-refractivity contribution in [2.45, 2.75) is 6.42 Å². The molecule has 8 heteroatoms. The van der Waals surface area contributed by atoms with Crippen molar-refractivity contribution in [3.8, 4) is 11.4 Å². The maximum atomic E-state index is 12.0. The number of carbonyl (C=O) groups excluding carboxylic acids is 2. The van der Waals surface area contributed by atoms with E-state index in [9.17, 15) is 9.59 Å². The number of amides is 2. The highest BCUT2D eigenvalue weighted by molar-refractivity contribution is 7.14. The second-order valence-electron chi connectivity index (χ2n) is 5.31. The maximum Gasteiger partial charge on any atom is 0.251 e. The Balaban J connectivity index is 1.46. The molecule has 3 aromatic rings. The van der Waals surface area contributed by atoms with Gasteiger partial charge in [-0.25, -0.2) is 4.98 Å². The number of carbonyl (C=O) groups is 2. The third kappa shape index (κ3) is 4.87. The van der Waals surface area contributed by atoms with E-state index in [1.54, 1.807) is 30.5 Å². The molecule has 3 rings (SSSR count). The number of hydrogen-bond donors (Lipinski definition) is 2. The van der Waals surface area contributed by atoms with Gasteiger partial charge in [-0.2, -0.15) is 0 Å². The van der Waals surface area contributed by atoms with Crippen LogP contribution in [-0.4, -0.2) is 28.3 Å². The second kappa shape index (κ2) is 8.55. The average Bonchev–Trinajstić information content (AvgIpc) is 3.11. The minimum atomic E-state index is -0.249. The third-order valence-corrected chi connectivity index (χ3v) is 4.43. The number of benzene rings is 1. The monoisotopic (exact) mass is 386 g/mol. The van der Waals surface area contributed by atoms with Crippen LogP contribution in [0, 0.1) is 0 Å². The smallest absolute Gasteiger partial charge is 0.251 e. The van der Waals surface area contributed by atoms with E-state index in [4.69, 9.17) is 11.6 Å². The summed E-state index contributed by atoms with van der Waals surface area (Å²) in [5, 5.41) is 8.32. The van der Waals surface area contributed by atoms with Gasteiger partial charge in [-0.3, -0.25) is 14.6 Å². The molecule has 0 spiro atoms. The number of anilines is 1. The lowest BCUT2D eigenvalue weighted by atomic mass is 10.2. The van der Waals surface area contributed by atoms with Gasteiger partial charge in [0.15, 0.2) is 5.13 Å². The summed E-state index contributed by atoms with van der Waals surface area (Å²) < 4.78 is 0. The lowest BCUT2D eigenvalue weighted by Crippen LogP contribution is -2.27. The number of nitrogens with zero attached hydrogens (tertiary/aromatic N) is 2. The van der Waals surface area contributed by atoms with Gasteiger partial charge in [0.2, 0.25) is 5.91 Å². The molecule has 2 heterocycles. The van der Waals surface area contributed by atoms with Gasteiger partial charge in [0.05, 0.1) is 5.69 Å². The Morgan fingerprint density at radius 2 is 1.88 bits per heavy atom. The van der Waals surface area contributed by atoms with Crippen LogP contribution in [0.15, 0.2) is 54.0 Å². The number of aromatic nitrogens is 2. The van der Waals surface area contributed by atoms with Crippen LogP contribution in [0.4, 0.5) is 5.13 Å². The van der Waals surface area contributed by atoms with Gasteiger partial charge in [0.1, 0.15) is 5.69 Å². The molecule has 26 heavy (non-hydrogen) atoms. The van der Waals surface area contributed by atoms with Gasteiger partial charge >= 0.3 is 0 Å². The highest BCUT2D eigenvalue weighted by Gasteiger charge is 2.10. The van der Waals surface area contributed by atoms with Crippen molar-refractivity contribution in [2.75, 3.05) is 11.9 Å². The van der Waals surface area contributed by atoms with Crippen molar-refractivity contribution in [1.82, 2.24) is 15.3 Å². The van der Waals surface area contributed by atoms with E-state index in [0.717, 1.165) is 5.69 Å². The lowest BCUT2D eigenvalue weighted by molar-refractivity contribution is -0.116. The maximum absolute atomic E-state index is 12.0. The normalized spacial score (nSPS) is 10.3. The zero-order valence-electron chi connectivity index (χ0n) is 13.6. The van der Waals surface area contributed by atoms with Gasteiger partial charge in [0, 0.05) is 35.1 Å². The predicted molar refractivity (Wildman–Crippen MR) is 102 cm³/mol. The van der Waals surface area contributed by atoms with E-state index >= 15 is 0 Å². The van der Waals surface area contributed by atoms with E-state index < -0.39 is 0 Å². The number of nitrogens with one attached hydrogen (secondary N) is 2. The fourth-order valence-electron chi connectivity index (χ4n) is 2.14. The molecule has 6 nitrogen and oxygen atoms in total. The Bertz CT molecular complexity index is 897. The summed E-state index contributed by atoms with van der Waals surface area (Å²) >= 11 is 7.11. The van der Waals surface area contributed by atoms with Gasteiger partial charge in [-0.1, -0.05) is 17.7 Å². The number of rotatable bonds is 6. The molecule has 0 aliphatic carbocycles. The summed E-state index contributed by atoms with van der Waals surface area (Å²) in [5.41, 5.74) is 1.95. The largest absolute Gasteiger partial charge is 0.352 e. The summed E-state index contributed by atoms with van der Waals surface area (Å²) in [7, 11) is 0. The summed E-state index contributed by atoms with van der Waals surface area (Å²) in [5.74, 6) is -0.468. The summed E-state index contributed by atoms with van der Waals surface area (Å²) in [4.78, 5) is 32.5. The number of halogens is 1. The van der Waals surface area contributed by atoms with Crippen molar-refractivity contribution in [3.63, 3.8) is 0 Å². The summed E-state index contributed by atoms with van der Waals surface area (Å²) in [6.07, 6.45) is 1.84. The quantitative estimate of drug-likeness (QED) is 0.677. The molecule has 0 fully saturated rings. The van der Waals surface area contributed by atoms with Crippen LogP contribution >= 0.6 is 22.9 Å². The fourth-order valence-corrected chi connectivity index (χ4v) is 2.98. The minimum Gasteiger partial charge on any atom is -0.352 e. The molecule has 0 saturated heterocycles. The molecule has 2 N–H and O–H groups in total. The average molecular weight is 387 g/mol. The van der Waals surface area contributed by atoms with Crippen LogP contribution < -0.4 is 10.6 Å². The molecule has 2 amide bonds. The predicted octanol–water partition coefficient (Wildman–Crippen LogP) is 3.62. The van der Waals surface area contributed by atoms with Gasteiger partial charge < -0.3 is 10.6 Å². The van der Waals surface area contributed by atoms with Crippen molar-refractivity contribution >= 4 is 39.9 Å². The number of thiazole rings is 1. The van der Waals surface area contributed by atoms with Crippen LogP contribution in [0.25, 0.3) is 11.4 Å². The van der Waals surface area contributed by atoms with E-state index in [1.807, 2.05) is 23.6 Å². The number of hydrogen-bond acceptors (Lipinski definition) is 5. The fraction of sp³-hybridized carbons (Fsp3) is 0.111. The first kappa shape index (κ1) is 18.0. The zero-order chi connectivity index (χ0) is 18.4. The molecule has 0 bridgehead atoms.